The molecule has 0 spiro atoms. The van der Waals surface area contributed by atoms with E-state index in [-0.39, 0.29) is 0 Å². The number of pyridine rings is 1. The van der Waals surface area contributed by atoms with Crippen molar-refractivity contribution >= 4 is 5.82 Å². The summed E-state index contributed by atoms with van der Waals surface area (Å²) >= 11 is 0. The molecule has 0 aliphatic heterocycles. The normalized spacial score (nSPS) is 25.4. The maximum absolute atomic E-state index is 4.41. The zero-order valence-corrected chi connectivity index (χ0v) is 10.4. The number of hydrogen-bond donors (Lipinski definition) is 1. The Labute approximate surface area is 98.5 Å². The quantitative estimate of drug-likeness (QED) is 0.835. The molecule has 2 heteroatoms. The molecule has 1 aromatic heterocycles. The first-order valence-corrected chi connectivity index (χ1v) is 6.47. The van der Waals surface area contributed by atoms with Crippen LogP contribution in [0.15, 0.2) is 18.3 Å². The molecule has 2 atom stereocenters. The van der Waals surface area contributed by atoms with Crippen molar-refractivity contribution in [3.05, 3.63) is 23.9 Å². The van der Waals surface area contributed by atoms with Gasteiger partial charge in [0.1, 0.15) is 5.82 Å². The van der Waals surface area contributed by atoms with Crippen molar-refractivity contribution in [3.63, 3.8) is 0 Å². The van der Waals surface area contributed by atoms with Crippen LogP contribution >= 0.6 is 0 Å². The summed E-state index contributed by atoms with van der Waals surface area (Å²) in [6, 6.07) is 4.84. The third-order valence-corrected chi connectivity index (χ3v) is 3.62. The third-order valence-electron chi connectivity index (χ3n) is 3.62. The highest BCUT2D eigenvalue weighted by atomic mass is 15.0. The molecule has 1 fully saturated rings. The van der Waals surface area contributed by atoms with Crippen LogP contribution in [0, 0.1) is 12.8 Å². The molecule has 0 amide bonds. The molecule has 16 heavy (non-hydrogen) atoms. The van der Waals surface area contributed by atoms with Crippen molar-refractivity contribution in [2.24, 2.45) is 5.92 Å². The van der Waals surface area contributed by atoms with Crippen molar-refractivity contribution < 1.29 is 0 Å². The molecular formula is C14H22N2. The maximum Gasteiger partial charge on any atom is 0.126 e. The number of hydrogen-bond acceptors (Lipinski definition) is 2. The second kappa shape index (κ2) is 5.33. The van der Waals surface area contributed by atoms with Crippen molar-refractivity contribution in [3.8, 4) is 0 Å². The highest BCUT2D eigenvalue weighted by Crippen LogP contribution is 2.28. The molecule has 1 aromatic rings. The summed E-state index contributed by atoms with van der Waals surface area (Å²) in [5.41, 5.74) is 1.22. The molecule has 1 saturated carbocycles. The highest BCUT2D eigenvalue weighted by molar-refractivity contribution is 5.36. The standard InChI is InChI=1S/C14H22N2/c1-3-12-5-4-6-13(9-12)16-14-8-7-11(2)10-15-14/h7-8,10,12-13H,3-6,9H2,1-2H3,(H,15,16). The van der Waals surface area contributed by atoms with Crippen molar-refractivity contribution in [1.82, 2.24) is 4.98 Å². The zero-order valence-electron chi connectivity index (χ0n) is 10.4. The molecule has 1 heterocycles. The lowest BCUT2D eigenvalue weighted by molar-refractivity contribution is 0.327. The summed E-state index contributed by atoms with van der Waals surface area (Å²) in [5, 5.41) is 3.56. The Hall–Kier alpha value is -1.05. The maximum atomic E-state index is 4.41. The summed E-state index contributed by atoms with van der Waals surface area (Å²) < 4.78 is 0. The van der Waals surface area contributed by atoms with Gasteiger partial charge in [-0.1, -0.05) is 32.3 Å². The summed E-state index contributed by atoms with van der Waals surface area (Å²) in [7, 11) is 0. The van der Waals surface area contributed by atoms with Crippen LogP contribution in [0.5, 0.6) is 0 Å². The molecule has 2 rings (SSSR count). The number of aryl methyl sites for hydroxylation is 1. The molecule has 0 radical (unpaired) electrons. The molecular weight excluding hydrogens is 196 g/mol. The third kappa shape index (κ3) is 2.97. The minimum Gasteiger partial charge on any atom is -0.367 e. The number of nitrogens with zero attached hydrogens (tertiary/aromatic N) is 1. The molecule has 0 saturated heterocycles. The molecule has 1 aliphatic rings. The van der Waals surface area contributed by atoms with Crippen LogP contribution in [0.2, 0.25) is 0 Å². The first kappa shape index (κ1) is 11.4. The van der Waals surface area contributed by atoms with Crippen molar-refractivity contribution in [2.75, 3.05) is 5.32 Å². The lowest BCUT2D eigenvalue weighted by Crippen LogP contribution is -2.27. The predicted octanol–water partition coefficient (Wildman–Crippen LogP) is 3.77. The molecule has 0 bridgehead atoms. The number of anilines is 1. The van der Waals surface area contributed by atoms with E-state index in [9.17, 15) is 0 Å². The Kier molecular flexibility index (Phi) is 3.81. The van der Waals surface area contributed by atoms with Gasteiger partial charge in [-0.3, -0.25) is 0 Å². The highest BCUT2D eigenvalue weighted by Gasteiger charge is 2.20. The Bertz CT molecular complexity index is 318. The molecule has 1 aliphatic carbocycles. The van der Waals surface area contributed by atoms with Gasteiger partial charge in [0.05, 0.1) is 0 Å². The minimum atomic E-state index is 0.633. The molecule has 0 aromatic carbocycles. The van der Waals surface area contributed by atoms with Crippen molar-refractivity contribution in [2.45, 2.75) is 52.0 Å². The molecule has 2 unspecified atom stereocenters. The second-order valence-corrected chi connectivity index (χ2v) is 5.00. The number of rotatable bonds is 3. The van der Waals surface area contributed by atoms with Gasteiger partial charge in [-0.05, 0) is 37.3 Å². The van der Waals surface area contributed by atoms with Crippen LogP contribution in [0.3, 0.4) is 0 Å². The summed E-state index contributed by atoms with van der Waals surface area (Å²) in [6.07, 6.45) is 8.64. The van der Waals surface area contributed by atoms with Gasteiger partial charge in [-0.15, -0.1) is 0 Å². The second-order valence-electron chi connectivity index (χ2n) is 5.00. The zero-order chi connectivity index (χ0) is 11.4. The van der Waals surface area contributed by atoms with Gasteiger partial charge in [0.15, 0.2) is 0 Å². The largest absolute Gasteiger partial charge is 0.367 e. The first-order valence-electron chi connectivity index (χ1n) is 6.47. The van der Waals surface area contributed by atoms with E-state index in [0.29, 0.717) is 6.04 Å². The molecule has 1 N–H and O–H groups in total. The van der Waals surface area contributed by atoms with Gasteiger partial charge in [-0.2, -0.15) is 0 Å². The number of aromatic nitrogens is 1. The van der Waals surface area contributed by atoms with Gasteiger partial charge in [-0.25, -0.2) is 4.98 Å². The average molecular weight is 218 g/mol. The van der Waals surface area contributed by atoms with Gasteiger partial charge < -0.3 is 5.32 Å². The fourth-order valence-corrected chi connectivity index (χ4v) is 2.56. The fraction of sp³-hybridized carbons (Fsp3) is 0.643. The van der Waals surface area contributed by atoms with Crippen LogP contribution in [-0.2, 0) is 0 Å². The molecule has 88 valence electrons. The lowest BCUT2D eigenvalue weighted by Gasteiger charge is -2.29. The Balaban J connectivity index is 1.91. The predicted molar refractivity (Wildman–Crippen MR) is 68.6 cm³/mol. The van der Waals surface area contributed by atoms with Gasteiger partial charge >= 0.3 is 0 Å². The summed E-state index contributed by atoms with van der Waals surface area (Å²) in [6.45, 7) is 4.38. The Morgan fingerprint density at radius 2 is 2.25 bits per heavy atom. The van der Waals surface area contributed by atoms with E-state index in [0.717, 1.165) is 11.7 Å². The average Bonchev–Trinajstić information content (AvgIpc) is 2.32. The van der Waals surface area contributed by atoms with E-state index in [2.05, 4.69) is 36.3 Å². The minimum absolute atomic E-state index is 0.633. The smallest absolute Gasteiger partial charge is 0.126 e. The van der Waals surface area contributed by atoms with Crippen LogP contribution in [-0.4, -0.2) is 11.0 Å². The van der Waals surface area contributed by atoms with Gasteiger partial charge in [0.2, 0.25) is 0 Å². The van der Waals surface area contributed by atoms with Crippen LogP contribution < -0.4 is 5.32 Å². The van der Waals surface area contributed by atoms with Gasteiger partial charge in [0, 0.05) is 12.2 Å². The topological polar surface area (TPSA) is 24.9 Å². The monoisotopic (exact) mass is 218 g/mol. The van der Waals surface area contributed by atoms with Crippen LogP contribution in [0.25, 0.3) is 0 Å². The van der Waals surface area contributed by atoms with E-state index < -0.39 is 0 Å². The van der Waals surface area contributed by atoms with Crippen molar-refractivity contribution in [1.29, 1.82) is 0 Å². The Morgan fingerprint density at radius 3 is 2.94 bits per heavy atom. The first-order chi connectivity index (χ1) is 7.78. The molecule has 2 nitrogen and oxygen atoms in total. The van der Waals surface area contributed by atoms with E-state index in [4.69, 9.17) is 0 Å². The lowest BCUT2D eigenvalue weighted by atomic mass is 9.84. The van der Waals surface area contributed by atoms with E-state index in [1.807, 2.05) is 6.20 Å². The van der Waals surface area contributed by atoms with E-state index >= 15 is 0 Å². The van der Waals surface area contributed by atoms with Gasteiger partial charge in [0.25, 0.3) is 0 Å². The Morgan fingerprint density at radius 1 is 1.38 bits per heavy atom. The van der Waals surface area contributed by atoms with Crippen LogP contribution in [0.1, 0.15) is 44.6 Å². The fourth-order valence-electron chi connectivity index (χ4n) is 2.56. The summed E-state index contributed by atoms with van der Waals surface area (Å²) in [4.78, 5) is 4.41. The van der Waals surface area contributed by atoms with Crippen LogP contribution in [0.4, 0.5) is 5.82 Å². The van der Waals surface area contributed by atoms with E-state index in [1.165, 1.54) is 37.7 Å². The van der Waals surface area contributed by atoms with E-state index in [1.54, 1.807) is 0 Å². The number of nitrogens with one attached hydrogen (secondary N) is 1. The summed E-state index contributed by atoms with van der Waals surface area (Å²) in [5.74, 6) is 1.95. The SMILES string of the molecule is CCC1CCCC(Nc2ccc(C)cn2)C1.